The zero-order valence-electron chi connectivity index (χ0n) is 20.5. The Kier molecular flexibility index (Phi) is 7.59. The number of methoxy groups -OCH3 is 2. The quantitative estimate of drug-likeness (QED) is 0.464. The van der Waals surface area contributed by atoms with E-state index in [2.05, 4.69) is 10.5 Å². The van der Waals surface area contributed by atoms with Crippen LogP contribution in [0.5, 0.6) is 11.5 Å². The molecule has 0 aromatic heterocycles. The molecule has 3 aromatic rings. The van der Waals surface area contributed by atoms with Crippen molar-refractivity contribution in [3.05, 3.63) is 83.4 Å². The summed E-state index contributed by atoms with van der Waals surface area (Å²) in [7, 11) is -0.862. The van der Waals surface area contributed by atoms with Crippen LogP contribution >= 0.6 is 0 Å². The van der Waals surface area contributed by atoms with Gasteiger partial charge in [0.15, 0.2) is 0 Å². The molecule has 0 aliphatic heterocycles. The molecule has 0 saturated heterocycles. The average molecular weight is 508 g/mol. The Morgan fingerprint density at radius 2 is 1.61 bits per heavy atom. The molecular formula is C27H29N3O5S. The first-order valence-electron chi connectivity index (χ1n) is 11.6. The predicted octanol–water partition coefficient (Wildman–Crippen LogP) is 4.06. The molecule has 0 fully saturated rings. The summed E-state index contributed by atoms with van der Waals surface area (Å²) >= 11 is 0. The van der Waals surface area contributed by atoms with Gasteiger partial charge in [-0.1, -0.05) is 17.7 Å². The minimum atomic E-state index is -4.02. The average Bonchev–Trinajstić information content (AvgIpc) is 2.90. The van der Waals surface area contributed by atoms with Crippen LogP contribution in [-0.2, 0) is 21.2 Å². The molecule has 0 heterocycles. The number of nitrogens with one attached hydrogen (secondary N) is 1. The molecule has 1 amide bonds. The van der Waals surface area contributed by atoms with Crippen molar-refractivity contribution in [2.24, 2.45) is 5.10 Å². The summed E-state index contributed by atoms with van der Waals surface area (Å²) in [6.45, 7) is 1.44. The third kappa shape index (κ3) is 5.52. The second-order valence-electron chi connectivity index (χ2n) is 8.49. The number of hydrogen-bond donors (Lipinski definition) is 1. The first-order chi connectivity index (χ1) is 17.3. The molecule has 0 saturated carbocycles. The number of fused-ring (bicyclic) bond motifs is 1. The molecule has 36 heavy (non-hydrogen) atoms. The monoisotopic (exact) mass is 507 g/mol. The van der Waals surface area contributed by atoms with Crippen LogP contribution in [0.2, 0.25) is 0 Å². The SMILES string of the molecule is COc1ccc(N(CC(=O)NN=C2CCCc3cc(OC)ccc32)S(=O)(=O)c2ccc(C)cc2)cc1. The van der Waals surface area contributed by atoms with Crippen LogP contribution in [0.15, 0.2) is 76.7 Å². The van der Waals surface area contributed by atoms with E-state index < -0.39 is 22.5 Å². The Morgan fingerprint density at radius 3 is 2.28 bits per heavy atom. The van der Waals surface area contributed by atoms with Crippen molar-refractivity contribution in [2.45, 2.75) is 31.1 Å². The fourth-order valence-corrected chi connectivity index (χ4v) is 5.50. The van der Waals surface area contributed by atoms with Crippen molar-refractivity contribution in [3.63, 3.8) is 0 Å². The minimum Gasteiger partial charge on any atom is -0.497 e. The second kappa shape index (κ2) is 10.8. The lowest BCUT2D eigenvalue weighted by atomic mass is 9.90. The molecule has 9 heteroatoms. The molecule has 4 rings (SSSR count). The number of carbonyl (C=O) groups is 1. The van der Waals surface area contributed by atoms with Gasteiger partial charge >= 0.3 is 0 Å². The second-order valence-corrected chi connectivity index (χ2v) is 10.4. The normalized spacial score (nSPS) is 14.1. The highest BCUT2D eigenvalue weighted by atomic mass is 32.2. The van der Waals surface area contributed by atoms with Crippen molar-refractivity contribution in [2.75, 3.05) is 25.1 Å². The third-order valence-electron chi connectivity index (χ3n) is 6.06. The number of hydrogen-bond acceptors (Lipinski definition) is 6. The molecule has 8 nitrogen and oxygen atoms in total. The van der Waals surface area contributed by atoms with Gasteiger partial charge in [0.2, 0.25) is 0 Å². The fraction of sp³-hybridized carbons (Fsp3) is 0.259. The van der Waals surface area contributed by atoms with Crippen LogP contribution in [0.1, 0.15) is 29.5 Å². The first-order valence-corrected chi connectivity index (χ1v) is 13.0. The minimum absolute atomic E-state index is 0.0955. The summed E-state index contributed by atoms with van der Waals surface area (Å²) in [4.78, 5) is 13.1. The van der Waals surface area contributed by atoms with Gasteiger partial charge < -0.3 is 9.47 Å². The maximum Gasteiger partial charge on any atom is 0.264 e. The van der Waals surface area contributed by atoms with Crippen LogP contribution in [0.25, 0.3) is 0 Å². The van der Waals surface area contributed by atoms with Gasteiger partial charge in [0.05, 0.1) is 30.5 Å². The summed E-state index contributed by atoms with van der Waals surface area (Å²) in [5, 5.41) is 4.36. The summed E-state index contributed by atoms with van der Waals surface area (Å²) in [6, 6.07) is 18.8. The molecule has 0 atom stereocenters. The van der Waals surface area contributed by atoms with E-state index in [9.17, 15) is 13.2 Å². The van der Waals surface area contributed by atoms with Crippen molar-refractivity contribution in [1.29, 1.82) is 0 Å². The van der Waals surface area contributed by atoms with Crippen molar-refractivity contribution in [3.8, 4) is 11.5 Å². The van der Waals surface area contributed by atoms with Gasteiger partial charge in [-0.15, -0.1) is 0 Å². The number of carbonyl (C=O) groups excluding carboxylic acids is 1. The molecule has 0 spiro atoms. The highest BCUT2D eigenvalue weighted by molar-refractivity contribution is 7.92. The van der Waals surface area contributed by atoms with E-state index in [4.69, 9.17) is 9.47 Å². The molecule has 0 radical (unpaired) electrons. The van der Waals surface area contributed by atoms with Crippen LogP contribution < -0.4 is 19.2 Å². The molecule has 0 unspecified atom stereocenters. The van der Waals surface area contributed by atoms with E-state index in [1.807, 2.05) is 25.1 Å². The predicted molar refractivity (Wildman–Crippen MR) is 139 cm³/mol. The third-order valence-corrected chi connectivity index (χ3v) is 7.84. The number of nitrogens with zero attached hydrogens (tertiary/aromatic N) is 2. The lowest BCUT2D eigenvalue weighted by molar-refractivity contribution is -0.119. The number of anilines is 1. The van der Waals surface area contributed by atoms with Gasteiger partial charge in [-0.25, -0.2) is 13.8 Å². The Hall–Kier alpha value is -3.85. The van der Waals surface area contributed by atoms with Crippen LogP contribution in [-0.4, -0.2) is 40.8 Å². The van der Waals surface area contributed by atoms with Gasteiger partial charge in [0, 0.05) is 5.56 Å². The molecule has 1 aliphatic carbocycles. The van der Waals surface area contributed by atoms with Crippen LogP contribution in [0.3, 0.4) is 0 Å². The zero-order valence-corrected chi connectivity index (χ0v) is 21.3. The standard InChI is InChI=1S/C27H29N3O5S/c1-19-7-14-24(15-8-19)36(32,33)30(21-9-11-22(34-2)12-10-21)18-27(31)29-28-26-6-4-5-20-17-23(35-3)13-16-25(20)26/h7-17H,4-6,18H2,1-3H3,(H,29,31). The summed E-state index contributed by atoms with van der Waals surface area (Å²) in [5.41, 5.74) is 6.66. The number of sulfonamides is 1. The Bertz CT molecular complexity index is 1370. The fourth-order valence-electron chi connectivity index (χ4n) is 4.08. The first kappa shape index (κ1) is 25.2. The lowest BCUT2D eigenvalue weighted by Gasteiger charge is -2.24. The molecule has 3 aromatic carbocycles. The van der Waals surface area contributed by atoms with E-state index in [0.717, 1.165) is 45.3 Å². The van der Waals surface area contributed by atoms with E-state index >= 15 is 0 Å². The highest BCUT2D eigenvalue weighted by Crippen LogP contribution is 2.27. The molecular weight excluding hydrogens is 478 g/mol. The van der Waals surface area contributed by atoms with E-state index in [1.54, 1.807) is 43.5 Å². The van der Waals surface area contributed by atoms with Gasteiger partial charge in [0.1, 0.15) is 18.0 Å². The zero-order chi connectivity index (χ0) is 25.7. The van der Waals surface area contributed by atoms with E-state index in [-0.39, 0.29) is 4.90 Å². The smallest absolute Gasteiger partial charge is 0.264 e. The summed E-state index contributed by atoms with van der Waals surface area (Å²) in [5.74, 6) is 0.806. The number of amides is 1. The van der Waals surface area contributed by atoms with Crippen LogP contribution in [0.4, 0.5) is 5.69 Å². The molecule has 1 N–H and O–H groups in total. The van der Waals surface area contributed by atoms with Gasteiger partial charge in [-0.2, -0.15) is 5.10 Å². The Labute approximate surface area is 211 Å². The van der Waals surface area contributed by atoms with Gasteiger partial charge in [-0.05, 0) is 86.3 Å². The van der Waals surface area contributed by atoms with E-state index in [0.29, 0.717) is 17.9 Å². The van der Waals surface area contributed by atoms with E-state index in [1.165, 1.54) is 19.2 Å². The number of ether oxygens (including phenoxy) is 2. The topological polar surface area (TPSA) is 97.3 Å². The van der Waals surface area contributed by atoms with Gasteiger partial charge in [0.25, 0.3) is 15.9 Å². The summed E-state index contributed by atoms with van der Waals surface area (Å²) in [6.07, 6.45) is 2.51. The maximum absolute atomic E-state index is 13.5. The number of hydrazone groups is 1. The lowest BCUT2D eigenvalue weighted by Crippen LogP contribution is -2.40. The molecule has 1 aliphatic rings. The number of rotatable bonds is 8. The molecule has 188 valence electrons. The molecule has 0 bridgehead atoms. The van der Waals surface area contributed by atoms with Crippen molar-refractivity contribution >= 4 is 27.3 Å². The largest absolute Gasteiger partial charge is 0.497 e. The Balaban J connectivity index is 1.59. The Morgan fingerprint density at radius 1 is 0.944 bits per heavy atom. The number of benzene rings is 3. The van der Waals surface area contributed by atoms with Gasteiger partial charge in [-0.3, -0.25) is 9.10 Å². The summed E-state index contributed by atoms with van der Waals surface area (Å²) < 4.78 is 38.6. The number of aryl methyl sites for hydroxylation is 2. The maximum atomic E-state index is 13.5. The highest BCUT2D eigenvalue weighted by Gasteiger charge is 2.27. The van der Waals surface area contributed by atoms with Crippen LogP contribution in [0, 0.1) is 6.92 Å². The van der Waals surface area contributed by atoms with Crippen molar-refractivity contribution < 1.29 is 22.7 Å². The van der Waals surface area contributed by atoms with Crippen molar-refractivity contribution in [1.82, 2.24) is 5.43 Å².